The molecule has 9 nitrogen and oxygen atoms in total. The fourth-order valence-corrected chi connectivity index (χ4v) is 6.27. The van der Waals surface area contributed by atoms with E-state index in [0.29, 0.717) is 27.6 Å². The van der Waals surface area contributed by atoms with Crippen molar-refractivity contribution in [3.05, 3.63) is 46.5 Å². The zero-order valence-corrected chi connectivity index (χ0v) is 18.8. The van der Waals surface area contributed by atoms with E-state index >= 15 is 0 Å². The van der Waals surface area contributed by atoms with Crippen molar-refractivity contribution in [1.82, 2.24) is 20.4 Å². The molecule has 0 spiro atoms. The maximum Gasteiger partial charge on any atom is 0.353 e. The summed E-state index contributed by atoms with van der Waals surface area (Å²) < 4.78 is 1.41. The Hall–Kier alpha value is -2.41. The van der Waals surface area contributed by atoms with E-state index in [0.717, 1.165) is 4.34 Å². The van der Waals surface area contributed by atoms with Gasteiger partial charge in [0.1, 0.15) is 17.8 Å². The molecule has 1 aromatic heterocycles. The molecule has 162 valence electrons. The number of carbonyl (C=O) groups is 3. The van der Waals surface area contributed by atoms with E-state index in [-0.39, 0.29) is 5.70 Å². The summed E-state index contributed by atoms with van der Waals surface area (Å²) in [5, 5.41) is 20.6. The molecule has 12 heteroatoms. The lowest BCUT2D eigenvalue weighted by atomic mass is 9.86. The highest BCUT2D eigenvalue weighted by Crippen LogP contribution is 2.44. The van der Waals surface area contributed by atoms with Gasteiger partial charge in [0, 0.05) is 4.91 Å². The quantitative estimate of drug-likeness (QED) is 0.403. The second-order valence-corrected chi connectivity index (χ2v) is 10.3. The molecule has 0 aliphatic carbocycles. The molecular formula is C19H19N5O4S3. The van der Waals surface area contributed by atoms with Gasteiger partial charge in [-0.2, -0.15) is 0 Å². The van der Waals surface area contributed by atoms with Gasteiger partial charge >= 0.3 is 5.97 Å². The molecule has 2 amide bonds. The lowest BCUT2D eigenvalue weighted by molar-refractivity contribution is -0.156. The molecule has 1 saturated heterocycles. The number of hydrogen-bond acceptors (Lipinski definition) is 9. The summed E-state index contributed by atoms with van der Waals surface area (Å²) >= 11 is 4.06. The van der Waals surface area contributed by atoms with E-state index in [9.17, 15) is 19.5 Å². The normalized spacial score (nSPS) is 21.4. The third-order valence-corrected chi connectivity index (χ3v) is 8.20. The number of fused-ring (bicyclic) bond motifs is 1. The highest BCUT2D eigenvalue weighted by molar-refractivity contribution is 8.05. The number of aromatic nitrogens is 2. The van der Waals surface area contributed by atoms with Gasteiger partial charge in [0.05, 0.1) is 6.04 Å². The third kappa shape index (κ3) is 4.20. The Kier molecular flexibility index (Phi) is 6.32. The minimum Gasteiger partial charge on any atom is -0.477 e. The zero-order valence-electron chi connectivity index (χ0n) is 16.3. The van der Waals surface area contributed by atoms with Gasteiger partial charge in [-0.15, -0.1) is 10.2 Å². The number of β-lactam (4-membered cyclic amide) rings is 1. The van der Waals surface area contributed by atoms with Crippen LogP contribution in [0, 0.1) is 0 Å². The molecule has 4 rings (SSSR count). The van der Waals surface area contributed by atoms with Crippen LogP contribution < -0.4 is 11.1 Å². The first kappa shape index (κ1) is 21.8. The topological polar surface area (TPSA) is 139 Å². The molecule has 0 bridgehead atoms. The van der Waals surface area contributed by atoms with E-state index in [1.54, 1.807) is 24.3 Å². The number of carbonyl (C=O) groups excluding carboxylic acids is 2. The van der Waals surface area contributed by atoms with E-state index in [4.69, 9.17) is 5.73 Å². The van der Waals surface area contributed by atoms with Crippen molar-refractivity contribution in [2.45, 2.75) is 39.6 Å². The Labute approximate surface area is 190 Å². The number of carboxylic acids is 1. The van der Waals surface area contributed by atoms with Crippen LogP contribution in [0.2, 0.25) is 0 Å². The highest BCUT2D eigenvalue weighted by Gasteiger charge is 2.53. The molecule has 1 fully saturated rings. The standard InChI is InChI=1S/C19H19N5O4S3/c1-29-18-22-23-19(31-18)30-11-8-7-10-13(16(26)24(10)14(11)17(27)28)21-15(25)12(20)9-5-3-2-4-6-9/h2-6,10,12-13H,7-8,20H2,1H3,(H,21,25)(H,27,28)/t10-,12-,13+/m1/s1. The maximum atomic E-state index is 12.8. The van der Waals surface area contributed by atoms with Crippen LogP contribution in [0.4, 0.5) is 0 Å². The zero-order chi connectivity index (χ0) is 22.1. The number of nitrogens with zero attached hydrogens (tertiary/aromatic N) is 3. The number of nitrogens with two attached hydrogens (primary N) is 1. The van der Waals surface area contributed by atoms with Crippen molar-refractivity contribution >= 4 is 52.6 Å². The molecule has 0 radical (unpaired) electrons. The Morgan fingerprint density at radius 2 is 2.00 bits per heavy atom. The number of hydrogen-bond donors (Lipinski definition) is 3. The molecule has 2 aliphatic heterocycles. The molecule has 4 N–H and O–H groups in total. The maximum absolute atomic E-state index is 12.8. The van der Waals surface area contributed by atoms with Gasteiger partial charge in [-0.3, -0.25) is 14.5 Å². The first-order valence-electron chi connectivity index (χ1n) is 9.36. The number of nitrogens with one attached hydrogen (secondary N) is 1. The number of thioether (sulfide) groups is 2. The van der Waals surface area contributed by atoms with Gasteiger partial charge in [-0.05, 0) is 24.7 Å². The number of allylic oxidation sites excluding steroid dienone is 1. The van der Waals surface area contributed by atoms with E-state index in [1.165, 1.54) is 39.8 Å². The minimum atomic E-state index is -1.18. The summed E-state index contributed by atoms with van der Waals surface area (Å²) in [5.74, 6) is -2.10. The van der Waals surface area contributed by atoms with Gasteiger partial charge in [0.2, 0.25) is 5.91 Å². The highest BCUT2D eigenvalue weighted by atomic mass is 32.2. The van der Waals surface area contributed by atoms with Crippen LogP contribution >= 0.6 is 34.9 Å². The Morgan fingerprint density at radius 3 is 2.65 bits per heavy atom. The van der Waals surface area contributed by atoms with Crippen LogP contribution in [-0.2, 0) is 14.4 Å². The molecule has 1 aromatic carbocycles. The summed E-state index contributed by atoms with van der Waals surface area (Å²) in [4.78, 5) is 39.1. The molecule has 3 atom stereocenters. The summed E-state index contributed by atoms with van der Waals surface area (Å²) in [6, 6.07) is 6.76. The Bertz CT molecular complexity index is 1060. The van der Waals surface area contributed by atoms with Crippen LogP contribution in [-0.4, -0.2) is 56.3 Å². The van der Waals surface area contributed by atoms with Crippen molar-refractivity contribution in [1.29, 1.82) is 0 Å². The SMILES string of the molecule is CSc1nnc(SC2=C(C(=O)O)N3C(=O)[C@@H](NC(=O)[C@H](N)c4ccccc4)[C@H]3CC2)s1. The van der Waals surface area contributed by atoms with Gasteiger partial charge in [0.15, 0.2) is 8.68 Å². The largest absolute Gasteiger partial charge is 0.477 e. The molecular weight excluding hydrogens is 458 g/mol. The van der Waals surface area contributed by atoms with Crippen molar-refractivity contribution in [3.63, 3.8) is 0 Å². The monoisotopic (exact) mass is 477 g/mol. The number of aliphatic carboxylic acids is 1. The second kappa shape index (κ2) is 8.99. The Balaban J connectivity index is 1.49. The van der Waals surface area contributed by atoms with Crippen LogP contribution in [0.1, 0.15) is 24.4 Å². The summed E-state index contributed by atoms with van der Waals surface area (Å²) in [5.41, 5.74) is 6.61. The van der Waals surface area contributed by atoms with Crippen LogP contribution in [0.5, 0.6) is 0 Å². The first-order valence-corrected chi connectivity index (χ1v) is 12.2. The van der Waals surface area contributed by atoms with Gasteiger partial charge < -0.3 is 16.2 Å². The van der Waals surface area contributed by atoms with E-state index in [2.05, 4.69) is 15.5 Å². The van der Waals surface area contributed by atoms with Crippen LogP contribution in [0.25, 0.3) is 0 Å². The average Bonchev–Trinajstić information content (AvgIpc) is 3.24. The molecule has 2 aliphatic rings. The van der Waals surface area contributed by atoms with Crippen molar-refractivity contribution in [2.75, 3.05) is 6.26 Å². The molecule has 2 aromatic rings. The van der Waals surface area contributed by atoms with Gasteiger partial charge in [0.25, 0.3) is 5.91 Å². The molecule has 0 saturated carbocycles. The van der Waals surface area contributed by atoms with Gasteiger partial charge in [-0.25, -0.2) is 4.79 Å². The number of amides is 2. The average molecular weight is 478 g/mol. The lowest BCUT2D eigenvalue weighted by Gasteiger charge is -2.50. The fraction of sp³-hybridized carbons (Fsp3) is 0.316. The van der Waals surface area contributed by atoms with Crippen LogP contribution in [0.15, 0.2) is 49.6 Å². The smallest absolute Gasteiger partial charge is 0.353 e. The van der Waals surface area contributed by atoms with Crippen LogP contribution in [0.3, 0.4) is 0 Å². The number of benzene rings is 1. The molecule has 3 heterocycles. The van der Waals surface area contributed by atoms with Crippen molar-refractivity contribution in [2.24, 2.45) is 5.73 Å². The molecule has 31 heavy (non-hydrogen) atoms. The summed E-state index contributed by atoms with van der Waals surface area (Å²) in [7, 11) is 0. The number of carboxylic acid groups (broad SMARTS) is 1. The first-order chi connectivity index (χ1) is 14.9. The van der Waals surface area contributed by atoms with Gasteiger partial charge in [-0.1, -0.05) is 65.2 Å². The second-order valence-electron chi connectivity index (χ2n) is 6.91. The third-order valence-electron chi connectivity index (χ3n) is 5.11. The number of rotatable bonds is 7. The minimum absolute atomic E-state index is 0.0509. The Morgan fingerprint density at radius 1 is 1.29 bits per heavy atom. The lowest BCUT2D eigenvalue weighted by Crippen LogP contribution is -2.72. The van der Waals surface area contributed by atoms with E-state index < -0.39 is 35.9 Å². The summed E-state index contributed by atoms with van der Waals surface area (Å²) in [6.45, 7) is 0. The van der Waals surface area contributed by atoms with Crippen molar-refractivity contribution in [3.8, 4) is 0 Å². The fourth-order valence-electron chi connectivity index (χ4n) is 3.61. The molecule has 0 unspecified atom stereocenters. The summed E-state index contributed by atoms with van der Waals surface area (Å²) in [6.07, 6.45) is 2.88. The predicted octanol–water partition coefficient (Wildman–Crippen LogP) is 1.84. The van der Waals surface area contributed by atoms with Crippen molar-refractivity contribution < 1.29 is 19.5 Å². The van der Waals surface area contributed by atoms with E-state index in [1.807, 2.05) is 12.3 Å². The predicted molar refractivity (Wildman–Crippen MR) is 117 cm³/mol.